The Bertz CT molecular complexity index is 926. The Labute approximate surface area is 144 Å². The van der Waals surface area contributed by atoms with Gasteiger partial charge in [0.25, 0.3) is 0 Å². The van der Waals surface area contributed by atoms with Crippen molar-refractivity contribution < 1.29 is 15.0 Å². The molecule has 24 heavy (non-hydrogen) atoms. The van der Waals surface area contributed by atoms with Crippen molar-refractivity contribution >= 4 is 28.5 Å². The summed E-state index contributed by atoms with van der Waals surface area (Å²) in [5.74, 6) is -0.940. The quantitative estimate of drug-likeness (QED) is 0.742. The van der Waals surface area contributed by atoms with Crippen molar-refractivity contribution in [3.8, 4) is 5.75 Å². The number of benzene rings is 2. The van der Waals surface area contributed by atoms with E-state index in [1.807, 2.05) is 30.5 Å². The molecular weight excluding hydrogens is 326 g/mol. The van der Waals surface area contributed by atoms with Crippen molar-refractivity contribution in [2.45, 2.75) is 26.8 Å². The molecule has 0 bridgehead atoms. The van der Waals surface area contributed by atoms with Crippen LogP contribution >= 0.6 is 11.6 Å². The van der Waals surface area contributed by atoms with Crippen LogP contribution in [-0.4, -0.2) is 20.7 Å². The van der Waals surface area contributed by atoms with E-state index < -0.39 is 5.97 Å². The Kier molecular flexibility index (Phi) is 4.24. The van der Waals surface area contributed by atoms with Crippen LogP contribution in [-0.2, 0) is 17.8 Å². The Hall–Kier alpha value is -2.46. The second-order valence-electron chi connectivity index (χ2n) is 6.03. The summed E-state index contributed by atoms with van der Waals surface area (Å²) in [6, 6.07) is 11.5. The number of aryl methyl sites for hydroxylation is 1. The van der Waals surface area contributed by atoms with Gasteiger partial charge >= 0.3 is 5.97 Å². The minimum atomic E-state index is -0.901. The molecule has 2 N–H and O–H groups in total. The normalized spacial score (nSPS) is 11.1. The Morgan fingerprint density at radius 3 is 2.46 bits per heavy atom. The summed E-state index contributed by atoms with van der Waals surface area (Å²) in [5, 5.41) is 20.1. The van der Waals surface area contributed by atoms with E-state index in [-0.39, 0.29) is 17.2 Å². The highest BCUT2D eigenvalue weighted by atomic mass is 35.5. The summed E-state index contributed by atoms with van der Waals surface area (Å²) < 4.78 is 2.05. The van der Waals surface area contributed by atoms with Gasteiger partial charge < -0.3 is 14.8 Å². The first-order chi connectivity index (χ1) is 11.4. The molecule has 0 saturated carbocycles. The molecule has 0 aliphatic heterocycles. The number of rotatable bonds is 4. The summed E-state index contributed by atoms with van der Waals surface area (Å²) in [4.78, 5) is 11.2. The summed E-state index contributed by atoms with van der Waals surface area (Å²) in [6.45, 7) is 4.55. The number of carboxylic acids is 1. The zero-order valence-electron chi connectivity index (χ0n) is 13.5. The van der Waals surface area contributed by atoms with E-state index in [0.29, 0.717) is 12.1 Å². The molecule has 0 atom stereocenters. The van der Waals surface area contributed by atoms with Gasteiger partial charge in [0.2, 0.25) is 0 Å². The molecule has 0 fully saturated rings. The first-order valence-electron chi connectivity index (χ1n) is 7.64. The van der Waals surface area contributed by atoms with Crippen molar-refractivity contribution in [1.29, 1.82) is 0 Å². The SMILES string of the molecule is Cc1ccc(Cn2c(C)c(CC(=O)O)c3cc(O)c(Cl)cc32)cc1. The molecule has 0 aliphatic rings. The summed E-state index contributed by atoms with van der Waals surface area (Å²) >= 11 is 6.07. The summed E-state index contributed by atoms with van der Waals surface area (Å²) in [5.41, 5.74) is 4.71. The number of phenolic OH excluding ortho intramolecular Hbond substituents is 1. The molecule has 0 unspecified atom stereocenters. The molecule has 124 valence electrons. The van der Waals surface area contributed by atoms with Gasteiger partial charge in [0.05, 0.1) is 17.0 Å². The lowest BCUT2D eigenvalue weighted by molar-refractivity contribution is -0.136. The van der Waals surface area contributed by atoms with Gasteiger partial charge in [-0.2, -0.15) is 0 Å². The maximum Gasteiger partial charge on any atom is 0.307 e. The van der Waals surface area contributed by atoms with Crippen LogP contribution in [0, 0.1) is 13.8 Å². The largest absolute Gasteiger partial charge is 0.506 e. The second-order valence-corrected chi connectivity index (χ2v) is 6.43. The number of aromatic nitrogens is 1. The van der Waals surface area contributed by atoms with Crippen LogP contribution in [0.4, 0.5) is 0 Å². The predicted octanol–water partition coefficient (Wildman–Crippen LogP) is 4.29. The van der Waals surface area contributed by atoms with Gasteiger partial charge in [-0.25, -0.2) is 0 Å². The maximum absolute atomic E-state index is 11.2. The number of carbonyl (C=O) groups is 1. The third kappa shape index (κ3) is 2.97. The average Bonchev–Trinajstić information content (AvgIpc) is 2.75. The third-order valence-corrected chi connectivity index (χ3v) is 4.61. The number of carboxylic acid groups (broad SMARTS) is 1. The lowest BCUT2D eigenvalue weighted by Crippen LogP contribution is -2.05. The second kappa shape index (κ2) is 6.21. The molecule has 0 aliphatic carbocycles. The smallest absolute Gasteiger partial charge is 0.307 e. The fourth-order valence-corrected chi connectivity index (χ4v) is 3.17. The van der Waals surface area contributed by atoms with Crippen molar-refractivity contribution in [3.05, 3.63) is 63.8 Å². The molecule has 0 radical (unpaired) electrons. The highest BCUT2D eigenvalue weighted by molar-refractivity contribution is 6.32. The first-order valence-corrected chi connectivity index (χ1v) is 8.02. The third-order valence-electron chi connectivity index (χ3n) is 4.31. The van der Waals surface area contributed by atoms with E-state index in [0.717, 1.165) is 22.2 Å². The average molecular weight is 344 g/mol. The monoisotopic (exact) mass is 343 g/mol. The fourth-order valence-electron chi connectivity index (χ4n) is 3.01. The van der Waals surface area contributed by atoms with Gasteiger partial charge in [0.15, 0.2) is 0 Å². The minimum Gasteiger partial charge on any atom is -0.506 e. The first kappa shape index (κ1) is 16.4. The molecule has 3 rings (SSSR count). The van der Waals surface area contributed by atoms with Crippen molar-refractivity contribution in [2.24, 2.45) is 0 Å². The van der Waals surface area contributed by atoms with Crippen LogP contribution < -0.4 is 0 Å². The van der Waals surface area contributed by atoms with Gasteiger partial charge in [-0.15, -0.1) is 0 Å². The molecule has 0 amide bonds. The van der Waals surface area contributed by atoms with Gasteiger partial charge in [0.1, 0.15) is 5.75 Å². The van der Waals surface area contributed by atoms with Crippen molar-refractivity contribution in [3.63, 3.8) is 0 Å². The molecule has 0 saturated heterocycles. The number of aromatic hydroxyl groups is 1. The number of halogens is 1. The topological polar surface area (TPSA) is 62.5 Å². The van der Waals surface area contributed by atoms with E-state index in [9.17, 15) is 15.0 Å². The number of aliphatic carboxylic acids is 1. The zero-order valence-corrected chi connectivity index (χ0v) is 14.3. The van der Waals surface area contributed by atoms with Crippen molar-refractivity contribution in [1.82, 2.24) is 4.57 Å². The Balaban J connectivity index is 2.18. The van der Waals surface area contributed by atoms with Crippen LogP contribution in [0.3, 0.4) is 0 Å². The predicted molar refractivity (Wildman–Crippen MR) is 95.0 cm³/mol. The molecule has 1 aromatic heterocycles. The lowest BCUT2D eigenvalue weighted by atomic mass is 10.1. The molecule has 4 nitrogen and oxygen atoms in total. The Morgan fingerprint density at radius 2 is 1.83 bits per heavy atom. The van der Waals surface area contributed by atoms with E-state index in [1.54, 1.807) is 12.1 Å². The lowest BCUT2D eigenvalue weighted by Gasteiger charge is -2.10. The molecule has 0 spiro atoms. The number of nitrogens with zero attached hydrogens (tertiary/aromatic N) is 1. The van der Waals surface area contributed by atoms with Crippen LogP contribution in [0.15, 0.2) is 36.4 Å². The van der Waals surface area contributed by atoms with Gasteiger partial charge in [-0.05, 0) is 37.1 Å². The summed E-state index contributed by atoms with van der Waals surface area (Å²) in [6.07, 6.45) is -0.0930. The maximum atomic E-state index is 11.2. The minimum absolute atomic E-state index is 0.0386. The van der Waals surface area contributed by atoms with E-state index in [1.165, 1.54) is 5.56 Å². The highest BCUT2D eigenvalue weighted by Crippen LogP contribution is 2.34. The molecule has 3 aromatic rings. The van der Waals surface area contributed by atoms with Gasteiger partial charge in [-0.1, -0.05) is 41.4 Å². The number of fused-ring (bicyclic) bond motifs is 1. The number of hydrogen-bond acceptors (Lipinski definition) is 2. The van der Waals surface area contributed by atoms with Gasteiger partial charge in [-0.3, -0.25) is 4.79 Å². The van der Waals surface area contributed by atoms with E-state index in [2.05, 4.69) is 12.1 Å². The van der Waals surface area contributed by atoms with Crippen molar-refractivity contribution in [2.75, 3.05) is 0 Å². The van der Waals surface area contributed by atoms with Crippen LogP contribution in [0.5, 0.6) is 5.75 Å². The Morgan fingerprint density at radius 1 is 1.17 bits per heavy atom. The summed E-state index contributed by atoms with van der Waals surface area (Å²) in [7, 11) is 0. The van der Waals surface area contributed by atoms with E-state index in [4.69, 9.17) is 11.6 Å². The van der Waals surface area contributed by atoms with Crippen LogP contribution in [0.25, 0.3) is 10.9 Å². The van der Waals surface area contributed by atoms with E-state index >= 15 is 0 Å². The zero-order chi connectivity index (χ0) is 17.4. The number of hydrogen-bond donors (Lipinski definition) is 2. The molecule has 1 heterocycles. The molecular formula is C19H18ClNO3. The highest BCUT2D eigenvalue weighted by Gasteiger charge is 2.18. The van der Waals surface area contributed by atoms with Crippen LogP contribution in [0.1, 0.15) is 22.4 Å². The molecule has 5 heteroatoms. The molecule has 2 aromatic carbocycles. The number of phenols is 1. The van der Waals surface area contributed by atoms with Crippen LogP contribution in [0.2, 0.25) is 5.02 Å². The fraction of sp³-hybridized carbons (Fsp3) is 0.211. The van der Waals surface area contributed by atoms with Gasteiger partial charge in [0, 0.05) is 17.6 Å². The standard InChI is InChI=1S/C19H18ClNO3/c1-11-3-5-13(6-4-11)10-21-12(2)14(8-19(23)24)15-7-18(22)16(20)9-17(15)21/h3-7,9,22H,8,10H2,1-2H3,(H,23,24).